The summed E-state index contributed by atoms with van der Waals surface area (Å²) in [4.78, 5) is 14.4. The molecule has 6 heteroatoms. The highest BCUT2D eigenvalue weighted by Gasteiger charge is 2.18. The van der Waals surface area contributed by atoms with Gasteiger partial charge in [-0.15, -0.1) is 10.2 Å². The van der Waals surface area contributed by atoms with Crippen molar-refractivity contribution in [3.8, 4) is 0 Å². The molecule has 0 unspecified atom stereocenters. The maximum atomic E-state index is 12.7. The van der Waals surface area contributed by atoms with Gasteiger partial charge in [0.1, 0.15) is 5.82 Å². The second-order valence-electron chi connectivity index (χ2n) is 5.47. The SMILES string of the molecule is CCN(C(=O)c1ccc(NCCCOC)nn1)c1cccc(C)c1. The number of methoxy groups -OCH3 is 1. The van der Waals surface area contributed by atoms with E-state index in [9.17, 15) is 4.79 Å². The Labute approximate surface area is 142 Å². The van der Waals surface area contributed by atoms with E-state index in [1.165, 1.54) is 0 Å². The van der Waals surface area contributed by atoms with E-state index < -0.39 is 0 Å². The van der Waals surface area contributed by atoms with Crippen LogP contribution in [0.4, 0.5) is 11.5 Å². The molecule has 2 rings (SSSR count). The molecule has 24 heavy (non-hydrogen) atoms. The average Bonchev–Trinajstić information content (AvgIpc) is 2.60. The average molecular weight is 328 g/mol. The quantitative estimate of drug-likeness (QED) is 0.755. The van der Waals surface area contributed by atoms with Crippen molar-refractivity contribution in [1.29, 1.82) is 0 Å². The fourth-order valence-electron chi connectivity index (χ4n) is 2.35. The summed E-state index contributed by atoms with van der Waals surface area (Å²) in [6.07, 6.45) is 0.885. The monoisotopic (exact) mass is 328 g/mol. The van der Waals surface area contributed by atoms with Crippen LogP contribution in [-0.4, -0.2) is 42.9 Å². The molecule has 1 heterocycles. The molecule has 1 aromatic heterocycles. The zero-order valence-corrected chi connectivity index (χ0v) is 14.5. The summed E-state index contributed by atoms with van der Waals surface area (Å²) in [6.45, 7) is 5.96. The van der Waals surface area contributed by atoms with Crippen molar-refractivity contribution in [2.75, 3.05) is 37.0 Å². The summed E-state index contributed by atoms with van der Waals surface area (Å²) in [6, 6.07) is 11.3. The Hall–Kier alpha value is -2.47. The number of aryl methyl sites for hydroxylation is 1. The van der Waals surface area contributed by atoms with E-state index in [0.717, 1.165) is 24.2 Å². The summed E-state index contributed by atoms with van der Waals surface area (Å²) in [7, 11) is 1.67. The molecule has 0 bridgehead atoms. The van der Waals surface area contributed by atoms with Crippen molar-refractivity contribution < 1.29 is 9.53 Å². The van der Waals surface area contributed by atoms with Gasteiger partial charge >= 0.3 is 0 Å². The third-order valence-corrected chi connectivity index (χ3v) is 3.59. The number of amides is 1. The molecule has 6 nitrogen and oxygen atoms in total. The summed E-state index contributed by atoms with van der Waals surface area (Å²) in [5.74, 6) is 0.503. The predicted molar refractivity (Wildman–Crippen MR) is 95.5 cm³/mol. The number of hydrogen-bond acceptors (Lipinski definition) is 5. The molecule has 2 aromatic rings. The highest BCUT2D eigenvalue weighted by molar-refractivity contribution is 6.04. The number of hydrogen-bond donors (Lipinski definition) is 1. The summed E-state index contributed by atoms with van der Waals surface area (Å²) >= 11 is 0. The molecular weight excluding hydrogens is 304 g/mol. The van der Waals surface area contributed by atoms with Crippen LogP contribution in [0, 0.1) is 6.92 Å². The first-order valence-corrected chi connectivity index (χ1v) is 8.10. The molecule has 0 saturated carbocycles. The number of nitrogens with one attached hydrogen (secondary N) is 1. The Morgan fingerprint density at radius 1 is 1.25 bits per heavy atom. The molecular formula is C18H24N4O2. The Bertz CT molecular complexity index is 658. The van der Waals surface area contributed by atoms with Crippen LogP contribution in [0.25, 0.3) is 0 Å². The van der Waals surface area contributed by atoms with Crippen LogP contribution < -0.4 is 10.2 Å². The fourth-order valence-corrected chi connectivity index (χ4v) is 2.35. The van der Waals surface area contributed by atoms with E-state index in [2.05, 4.69) is 15.5 Å². The van der Waals surface area contributed by atoms with Gasteiger partial charge in [0.05, 0.1) is 0 Å². The molecule has 0 atom stereocenters. The fraction of sp³-hybridized carbons (Fsp3) is 0.389. The number of rotatable bonds is 8. The van der Waals surface area contributed by atoms with Gasteiger partial charge in [-0.05, 0) is 50.1 Å². The van der Waals surface area contributed by atoms with Gasteiger partial charge in [-0.3, -0.25) is 4.79 Å². The second kappa shape index (κ2) is 8.98. The maximum Gasteiger partial charge on any atom is 0.278 e. The smallest absolute Gasteiger partial charge is 0.278 e. The number of anilines is 2. The van der Waals surface area contributed by atoms with Gasteiger partial charge < -0.3 is 15.0 Å². The summed E-state index contributed by atoms with van der Waals surface area (Å²) in [5.41, 5.74) is 2.31. The molecule has 1 N–H and O–H groups in total. The minimum absolute atomic E-state index is 0.151. The molecule has 0 spiro atoms. The van der Waals surface area contributed by atoms with E-state index in [4.69, 9.17) is 4.74 Å². The van der Waals surface area contributed by atoms with Crippen molar-refractivity contribution in [3.05, 3.63) is 47.7 Å². The van der Waals surface area contributed by atoms with Crippen LogP contribution in [0.15, 0.2) is 36.4 Å². The lowest BCUT2D eigenvalue weighted by atomic mass is 10.2. The summed E-state index contributed by atoms with van der Waals surface area (Å²) in [5, 5.41) is 11.3. The van der Waals surface area contributed by atoms with Crippen LogP contribution in [0.2, 0.25) is 0 Å². The third-order valence-electron chi connectivity index (χ3n) is 3.59. The first-order valence-electron chi connectivity index (χ1n) is 8.10. The van der Waals surface area contributed by atoms with Crippen molar-refractivity contribution in [2.45, 2.75) is 20.3 Å². The van der Waals surface area contributed by atoms with Crippen molar-refractivity contribution in [1.82, 2.24) is 10.2 Å². The Morgan fingerprint density at radius 2 is 2.08 bits per heavy atom. The molecule has 1 amide bonds. The largest absolute Gasteiger partial charge is 0.385 e. The van der Waals surface area contributed by atoms with Crippen LogP contribution in [0.5, 0.6) is 0 Å². The normalized spacial score (nSPS) is 10.5. The maximum absolute atomic E-state index is 12.7. The number of aromatic nitrogens is 2. The zero-order valence-electron chi connectivity index (χ0n) is 14.5. The van der Waals surface area contributed by atoms with Gasteiger partial charge in [-0.2, -0.15) is 0 Å². The van der Waals surface area contributed by atoms with Crippen LogP contribution in [-0.2, 0) is 4.74 Å². The third kappa shape index (κ3) is 4.76. The molecule has 1 aromatic carbocycles. The Balaban J connectivity index is 2.05. The number of ether oxygens (including phenoxy) is 1. The highest BCUT2D eigenvalue weighted by Crippen LogP contribution is 2.18. The van der Waals surface area contributed by atoms with Gasteiger partial charge in [0.25, 0.3) is 5.91 Å². The van der Waals surface area contributed by atoms with Gasteiger partial charge in [0.15, 0.2) is 5.69 Å². The Morgan fingerprint density at radius 3 is 2.71 bits per heavy atom. The first kappa shape index (κ1) is 17.9. The topological polar surface area (TPSA) is 67.4 Å². The van der Waals surface area contributed by atoms with Crippen molar-refractivity contribution in [2.24, 2.45) is 0 Å². The zero-order chi connectivity index (χ0) is 17.4. The lowest BCUT2D eigenvalue weighted by Gasteiger charge is -2.20. The van der Waals surface area contributed by atoms with E-state index in [1.54, 1.807) is 24.1 Å². The molecule has 0 radical (unpaired) electrons. The van der Waals surface area contributed by atoms with Gasteiger partial charge in [0, 0.05) is 32.5 Å². The number of carbonyl (C=O) groups excluding carboxylic acids is 1. The molecule has 0 aliphatic carbocycles. The van der Waals surface area contributed by atoms with Gasteiger partial charge in [-0.25, -0.2) is 0 Å². The first-order chi connectivity index (χ1) is 11.7. The number of carbonyl (C=O) groups is 1. The molecule has 0 fully saturated rings. The van der Waals surface area contributed by atoms with Crippen molar-refractivity contribution in [3.63, 3.8) is 0 Å². The predicted octanol–water partition coefficient (Wildman–Crippen LogP) is 2.90. The van der Waals surface area contributed by atoms with E-state index in [-0.39, 0.29) is 5.91 Å². The Kier molecular flexibility index (Phi) is 6.69. The van der Waals surface area contributed by atoms with Crippen LogP contribution in [0.1, 0.15) is 29.4 Å². The lowest BCUT2D eigenvalue weighted by molar-refractivity contribution is 0.0982. The minimum atomic E-state index is -0.151. The highest BCUT2D eigenvalue weighted by atomic mass is 16.5. The number of benzene rings is 1. The molecule has 0 saturated heterocycles. The molecule has 128 valence electrons. The van der Waals surface area contributed by atoms with Crippen LogP contribution >= 0.6 is 0 Å². The van der Waals surface area contributed by atoms with E-state index in [1.807, 2.05) is 38.1 Å². The standard InChI is InChI=1S/C18H24N4O2/c1-4-22(15-8-5-7-14(2)13-15)18(23)16-9-10-17(21-20-16)19-11-6-12-24-3/h5,7-10,13H,4,6,11-12H2,1-3H3,(H,19,21). The number of nitrogens with zero attached hydrogens (tertiary/aromatic N) is 3. The second-order valence-corrected chi connectivity index (χ2v) is 5.47. The van der Waals surface area contributed by atoms with Gasteiger partial charge in [0.2, 0.25) is 0 Å². The van der Waals surface area contributed by atoms with E-state index in [0.29, 0.717) is 24.7 Å². The minimum Gasteiger partial charge on any atom is -0.385 e. The van der Waals surface area contributed by atoms with E-state index >= 15 is 0 Å². The molecule has 0 aliphatic rings. The van der Waals surface area contributed by atoms with Gasteiger partial charge in [-0.1, -0.05) is 12.1 Å². The molecule has 0 aliphatic heterocycles. The van der Waals surface area contributed by atoms with Crippen molar-refractivity contribution >= 4 is 17.4 Å². The lowest BCUT2D eigenvalue weighted by Crippen LogP contribution is -2.31. The summed E-state index contributed by atoms with van der Waals surface area (Å²) < 4.78 is 4.99. The van der Waals surface area contributed by atoms with Crippen LogP contribution in [0.3, 0.4) is 0 Å².